The first kappa shape index (κ1) is 38.4. The fourth-order valence-electron chi connectivity index (χ4n) is 8.38. The van der Waals surface area contributed by atoms with Gasteiger partial charge in [-0.2, -0.15) is 0 Å². The van der Waals surface area contributed by atoms with E-state index in [4.69, 9.17) is 4.74 Å². The summed E-state index contributed by atoms with van der Waals surface area (Å²) in [7, 11) is 0. The highest BCUT2D eigenvalue weighted by molar-refractivity contribution is 5.65. The van der Waals surface area contributed by atoms with Gasteiger partial charge in [-0.05, 0) is 157 Å². The molecule has 2 aliphatic rings. The van der Waals surface area contributed by atoms with E-state index in [-0.39, 0.29) is 11.6 Å². The van der Waals surface area contributed by atoms with Gasteiger partial charge in [0.25, 0.3) is 0 Å². The van der Waals surface area contributed by atoms with Crippen LogP contribution in [0.4, 0.5) is 8.78 Å². The highest BCUT2D eigenvalue weighted by atomic mass is 19.1. The van der Waals surface area contributed by atoms with Crippen LogP contribution in [0.2, 0.25) is 0 Å². The molecule has 2 aliphatic carbocycles. The topological polar surface area (TPSA) is 9.23 Å². The zero-order valence-corrected chi connectivity index (χ0v) is 31.3. The number of hydrogen-bond acceptors (Lipinski definition) is 1. The Balaban J connectivity index is 0.889. The van der Waals surface area contributed by atoms with Crippen molar-refractivity contribution in [3.8, 4) is 22.3 Å². The van der Waals surface area contributed by atoms with E-state index in [1.807, 2.05) is 48.6 Å². The van der Waals surface area contributed by atoms with Crippen molar-refractivity contribution >= 4 is 0 Å². The van der Waals surface area contributed by atoms with Crippen LogP contribution in [0.1, 0.15) is 98.3 Å². The lowest BCUT2D eigenvalue weighted by Gasteiger charge is -2.28. The molecule has 0 aromatic heterocycles. The molecule has 6 rings (SSSR count). The normalized spacial score (nSPS) is 20.6. The summed E-state index contributed by atoms with van der Waals surface area (Å²) in [5.41, 5.74) is 8.03. The van der Waals surface area contributed by atoms with Crippen LogP contribution in [0.5, 0.6) is 0 Å². The molecule has 0 heterocycles. The highest BCUT2D eigenvalue weighted by Crippen LogP contribution is 2.39. The lowest BCUT2D eigenvalue weighted by Crippen LogP contribution is -2.12. The Morgan fingerprint density at radius 2 is 0.868 bits per heavy atom. The Kier molecular flexibility index (Phi) is 14.2. The Morgan fingerprint density at radius 3 is 1.23 bits per heavy atom. The molecule has 2 fully saturated rings. The maximum Gasteiger partial charge on any atom is 0.127 e. The standard InChI is InChI=1S/C50H56F2O/c1-3-9-37-13-17-39(18-14-37)41-21-25-43(26-22-41)47-31-29-45(49(51)35-47)11-5-7-33-53-34-8-6-12-46-30-32-48(36-50(46)52)44-27-23-42(24-28-44)40-19-15-38(10-4-2)16-20-40/h3-8,21-32,35-40H,1-2,9-20,33-34H2. The van der Waals surface area contributed by atoms with Gasteiger partial charge in [0.15, 0.2) is 0 Å². The minimum atomic E-state index is -0.189. The average Bonchev–Trinajstić information content (AvgIpc) is 3.19. The van der Waals surface area contributed by atoms with E-state index < -0.39 is 0 Å². The molecule has 0 unspecified atom stereocenters. The zero-order chi connectivity index (χ0) is 36.8. The predicted octanol–water partition coefficient (Wildman–Crippen LogP) is 13.9. The average molecular weight is 711 g/mol. The van der Waals surface area contributed by atoms with Gasteiger partial charge in [0.05, 0.1) is 13.2 Å². The van der Waals surface area contributed by atoms with Gasteiger partial charge in [-0.25, -0.2) is 8.78 Å². The van der Waals surface area contributed by atoms with Gasteiger partial charge in [-0.15, -0.1) is 13.2 Å². The third-order valence-electron chi connectivity index (χ3n) is 11.7. The molecule has 276 valence electrons. The summed E-state index contributed by atoms with van der Waals surface area (Å²) in [6.07, 6.45) is 25.2. The second kappa shape index (κ2) is 19.7. The van der Waals surface area contributed by atoms with Crippen LogP contribution < -0.4 is 0 Å². The lowest BCUT2D eigenvalue weighted by atomic mass is 9.77. The SMILES string of the molecule is C=CCC1CCC(c2ccc(-c3ccc(CC=CCOCC=CCc4ccc(-c5ccc(C6CCC(CC=C)CC6)cc5)cc4F)c(F)c3)cc2)CC1. The first-order valence-corrected chi connectivity index (χ1v) is 19.9. The summed E-state index contributed by atoms with van der Waals surface area (Å²) in [5, 5.41) is 0. The molecule has 0 atom stereocenters. The van der Waals surface area contributed by atoms with Gasteiger partial charge in [0.1, 0.15) is 11.6 Å². The molecule has 1 nitrogen and oxygen atoms in total. The molecule has 0 aliphatic heterocycles. The summed E-state index contributed by atoms with van der Waals surface area (Å²) in [6.45, 7) is 8.66. The van der Waals surface area contributed by atoms with Crippen LogP contribution in [0.3, 0.4) is 0 Å². The molecule has 0 bridgehead atoms. The molecule has 2 saturated carbocycles. The summed E-state index contributed by atoms with van der Waals surface area (Å²) >= 11 is 0. The van der Waals surface area contributed by atoms with Crippen LogP contribution in [0, 0.1) is 23.5 Å². The van der Waals surface area contributed by atoms with E-state index in [1.54, 1.807) is 12.1 Å². The van der Waals surface area contributed by atoms with E-state index in [9.17, 15) is 8.78 Å². The molecular formula is C50H56F2O. The summed E-state index contributed by atoms with van der Waals surface area (Å²) in [4.78, 5) is 0. The number of rotatable bonds is 16. The fraction of sp³-hybridized carbons (Fsp3) is 0.360. The first-order chi connectivity index (χ1) is 26.0. The molecule has 3 heteroatoms. The van der Waals surface area contributed by atoms with Gasteiger partial charge in [0.2, 0.25) is 0 Å². The second-order valence-corrected chi connectivity index (χ2v) is 15.2. The molecule has 0 N–H and O–H groups in total. The number of halogens is 2. The molecule has 4 aromatic carbocycles. The quantitative estimate of drug-likeness (QED) is 0.0831. The molecular weight excluding hydrogens is 655 g/mol. The van der Waals surface area contributed by atoms with Crippen LogP contribution in [-0.4, -0.2) is 13.2 Å². The van der Waals surface area contributed by atoms with Crippen LogP contribution in [0.15, 0.2) is 135 Å². The van der Waals surface area contributed by atoms with Gasteiger partial charge in [-0.3, -0.25) is 0 Å². The summed E-state index contributed by atoms with van der Waals surface area (Å²) in [5.74, 6) is 2.46. The van der Waals surface area contributed by atoms with Crippen LogP contribution in [-0.2, 0) is 17.6 Å². The van der Waals surface area contributed by atoms with Crippen molar-refractivity contribution in [2.45, 2.75) is 88.9 Å². The number of benzene rings is 4. The van der Waals surface area contributed by atoms with E-state index in [0.717, 1.165) is 46.9 Å². The van der Waals surface area contributed by atoms with Crippen molar-refractivity contribution in [3.63, 3.8) is 0 Å². The van der Waals surface area contributed by atoms with Gasteiger partial charge < -0.3 is 4.74 Å². The smallest absolute Gasteiger partial charge is 0.127 e. The van der Waals surface area contributed by atoms with E-state index in [2.05, 4.69) is 73.8 Å². The lowest BCUT2D eigenvalue weighted by molar-refractivity contribution is 0.193. The van der Waals surface area contributed by atoms with E-state index >= 15 is 0 Å². The van der Waals surface area contributed by atoms with Gasteiger partial charge in [0, 0.05) is 0 Å². The van der Waals surface area contributed by atoms with Crippen molar-refractivity contribution in [2.75, 3.05) is 13.2 Å². The monoisotopic (exact) mass is 710 g/mol. The molecule has 4 aromatic rings. The predicted molar refractivity (Wildman–Crippen MR) is 219 cm³/mol. The number of hydrogen-bond donors (Lipinski definition) is 0. The summed E-state index contributed by atoms with van der Waals surface area (Å²) in [6, 6.07) is 28.5. The Hall–Kier alpha value is -4.34. The molecule has 0 spiro atoms. The minimum absolute atomic E-state index is 0.189. The van der Waals surface area contributed by atoms with Crippen LogP contribution in [0.25, 0.3) is 22.3 Å². The molecule has 0 saturated heterocycles. The van der Waals surface area contributed by atoms with Crippen molar-refractivity contribution < 1.29 is 13.5 Å². The third-order valence-corrected chi connectivity index (χ3v) is 11.7. The third kappa shape index (κ3) is 10.9. The zero-order valence-electron chi connectivity index (χ0n) is 31.3. The van der Waals surface area contributed by atoms with E-state index in [1.165, 1.54) is 62.5 Å². The molecule has 0 radical (unpaired) electrons. The van der Waals surface area contributed by atoms with Gasteiger partial charge in [-0.1, -0.05) is 109 Å². The largest absolute Gasteiger partial charge is 0.373 e. The minimum Gasteiger partial charge on any atom is -0.373 e. The first-order valence-electron chi connectivity index (χ1n) is 19.9. The Bertz CT molecular complexity index is 1680. The highest BCUT2D eigenvalue weighted by Gasteiger charge is 2.23. The van der Waals surface area contributed by atoms with Crippen molar-refractivity contribution in [1.82, 2.24) is 0 Å². The maximum absolute atomic E-state index is 15.0. The number of ether oxygens (including phenoxy) is 1. The van der Waals surface area contributed by atoms with Crippen molar-refractivity contribution in [2.24, 2.45) is 11.8 Å². The van der Waals surface area contributed by atoms with Crippen molar-refractivity contribution in [3.05, 3.63) is 168 Å². The van der Waals surface area contributed by atoms with Crippen molar-refractivity contribution in [1.29, 1.82) is 0 Å². The second-order valence-electron chi connectivity index (χ2n) is 15.2. The van der Waals surface area contributed by atoms with Gasteiger partial charge >= 0.3 is 0 Å². The Morgan fingerprint density at radius 1 is 0.491 bits per heavy atom. The van der Waals surface area contributed by atoms with Crippen LogP contribution >= 0.6 is 0 Å². The maximum atomic E-state index is 15.0. The van der Waals surface area contributed by atoms with E-state index in [0.29, 0.717) is 49.0 Å². The molecule has 0 amide bonds. The summed E-state index contributed by atoms with van der Waals surface area (Å²) < 4.78 is 35.7. The number of allylic oxidation sites excluding steroid dienone is 4. The fourth-order valence-corrected chi connectivity index (χ4v) is 8.38. The Labute approximate surface area is 317 Å². The molecule has 53 heavy (non-hydrogen) atoms.